The third kappa shape index (κ3) is 1.93. The number of hydrogen-bond acceptors (Lipinski definition) is 4. The minimum Gasteiger partial charge on any atom is -0.465 e. The molecule has 1 rings (SSSR count). The van der Waals surface area contributed by atoms with Crippen molar-refractivity contribution < 1.29 is 19.5 Å². The summed E-state index contributed by atoms with van der Waals surface area (Å²) in [5, 5.41) is 12.3. The van der Waals surface area contributed by atoms with E-state index < -0.39 is 18.0 Å². The molecular weight excluding hydrogens is 190 g/mol. The molecule has 7 nitrogen and oxygen atoms in total. The molecule has 3 N–H and O–H groups in total. The van der Waals surface area contributed by atoms with Crippen LogP contribution in [0.3, 0.4) is 0 Å². The van der Waals surface area contributed by atoms with Gasteiger partial charge in [-0.1, -0.05) is 5.16 Å². The fourth-order valence-corrected chi connectivity index (χ4v) is 1.36. The Morgan fingerprint density at radius 1 is 1.71 bits per heavy atom. The highest BCUT2D eigenvalue weighted by Crippen LogP contribution is 2.15. The smallest absolute Gasteiger partial charge is 0.408 e. The Morgan fingerprint density at radius 3 is 2.71 bits per heavy atom. The second kappa shape index (κ2) is 3.95. The Hall–Kier alpha value is -1.79. The summed E-state index contributed by atoms with van der Waals surface area (Å²) < 4.78 is 0. The zero-order chi connectivity index (χ0) is 10.7. The Balaban J connectivity index is 2.80. The summed E-state index contributed by atoms with van der Waals surface area (Å²) in [4.78, 5) is 27.0. The van der Waals surface area contributed by atoms with Gasteiger partial charge in [-0.3, -0.25) is 9.69 Å². The number of oxime groups is 1. The van der Waals surface area contributed by atoms with Gasteiger partial charge in [0.15, 0.2) is 0 Å². The van der Waals surface area contributed by atoms with Crippen LogP contribution in [0.2, 0.25) is 0 Å². The average molecular weight is 201 g/mol. The topological polar surface area (TPSA) is 105 Å². The van der Waals surface area contributed by atoms with Gasteiger partial charge in [-0.2, -0.15) is 0 Å². The second-order valence-corrected chi connectivity index (χ2v) is 2.87. The fraction of sp³-hybridized carbons (Fsp3) is 0.571. The minimum absolute atomic E-state index is 0.0663. The van der Waals surface area contributed by atoms with Gasteiger partial charge in [0.25, 0.3) is 0 Å². The Kier molecular flexibility index (Phi) is 2.90. The summed E-state index contributed by atoms with van der Waals surface area (Å²) in [5.74, 6) is -0.672. The number of nitrogens with two attached hydrogens (primary N) is 1. The van der Waals surface area contributed by atoms with Crippen molar-refractivity contribution in [2.24, 2.45) is 10.9 Å². The van der Waals surface area contributed by atoms with Crippen LogP contribution in [0.5, 0.6) is 0 Å². The molecule has 0 bridgehead atoms. The van der Waals surface area contributed by atoms with E-state index in [9.17, 15) is 9.59 Å². The van der Waals surface area contributed by atoms with Crippen LogP contribution in [0.25, 0.3) is 0 Å². The van der Waals surface area contributed by atoms with E-state index in [2.05, 4.69) is 9.99 Å². The van der Waals surface area contributed by atoms with E-state index in [1.54, 1.807) is 0 Å². The molecule has 0 aromatic heterocycles. The number of amides is 2. The first-order valence-corrected chi connectivity index (χ1v) is 3.94. The van der Waals surface area contributed by atoms with Crippen LogP contribution in [0, 0.1) is 0 Å². The summed E-state index contributed by atoms with van der Waals surface area (Å²) in [6.45, 7) is 0.0663. The zero-order valence-corrected chi connectivity index (χ0v) is 7.64. The summed E-state index contributed by atoms with van der Waals surface area (Å²) in [5.41, 5.74) is 5.54. The summed E-state index contributed by atoms with van der Waals surface area (Å²) in [6, 6.07) is -0.832. The predicted molar refractivity (Wildman–Crippen MR) is 46.8 cm³/mol. The molecular formula is C7H11N3O4. The normalized spacial score (nSPS) is 23.9. The van der Waals surface area contributed by atoms with E-state index in [0.717, 1.165) is 4.90 Å². The van der Waals surface area contributed by atoms with Gasteiger partial charge in [0, 0.05) is 6.42 Å². The van der Waals surface area contributed by atoms with E-state index in [4.69, 9.17) is 10.8 Å². The number of likely N-dealkylation sites (tertiary alicyclic amines) is 1. The number of nitrogens with zero attached hydrogens (tertiary/aromatic N) is 2. The lowest BCUT2D eigenvalue weighted by molar-refractivity contribution is -0.121. The highest BCUT2D eigenvalue weighted by Gasteiger charge is 2.36. The molecule has 1 aliphatic heterocycles. The number of carbonyl (C=O) groups is 2. The highest BCUT2D eigenvalue weighted by molar-refractivity contribution is 5.99. The molecule has 0 aliphatic carbocycles. The molecule has 1 fully saturated rings. The van der Waals surface area contributed by atoms with Crippen molar-refractivity contribution >= 4 is 17.7 Å². The van der Waals surface area contributed by atoms with Gasteiger partial charge >= 0.3 is 6.09 Å². The first-order chi connectivity index (χ1) is 6.56. The summed E-state index contributed by atoms with van der Waals surface area (Å²) in [6.07, 6.45) is -0.981. The quantitative estimate of drug-likeness (QED) is 0.572. The SMILES string of the molecule is CON=C1C[C@@H](C(N)=O)N(C(=O)O)C1. The Morgan fingerprint density at radius 2 is 2.36 bits per heavy atom. The van der Waals surface area contributed by atoms with E-state index >= 15 is 0 Å². The van der Waals surface area contributed by atoms with Crippen molar-refractivity contribution in [3.05, 3.63) is 0 Å². The van der Waals surface area contributed by atoms with Crippen LogP contribution in [-0.2, 0) is 9.63 Å². The van der Waals surface area contributed by atoms with Crippen LogP contribution in [0.1, 0.15) is 6.42 Å². The molecule has 0 radical (unpaired) electrons. The zero-order valence-electron chi connectivity index (χ0n) is 7.64. The first kappa shape index (κ1) is 10.3. The average Bonchev–Trinajstić information content (AvgIpc) is 2.49. The maximum Gasteiger partial charge on any atom is 0.408 e. The summed E-state index contributed by atoms with van der Waals surface area (Å²) in [7, 11) is 1.36. The third-order valence-electron chi connectivity index (χ3n) is 1.95. The number of primary amides is 1. The van der Waals surface area contributed by atoms with E-state index in [-0.39, 0.29) is 13.0 Å². The number of carbonyl (C=O) groups excluding carboxylic acids is 1. The van der Waals surface area contributed by atoms with Gasteiger partial charge in [0.2, 0.25) is 5.91 Å². The molecule has 14 heavy (non-hydrogen) atoms. The van der Waals surface area contributed by atoms with Gasteiger partial charge < -0.3 is 15.7 Å². The van der Waals surface area contributed by atoms with E-state index in [1.807, 2.05) is 0 Å². The molecule has 0 saturated carbocycles. The minimum atomic E-state index is -1.19. The first-order valence-electron chi connectivity index (χ1n) is 3.94. The third-order valence-corrected chi connectivity index (χ3v) is 1.95. The van der Waals surface area contributed by atoms with Crippen LogP contribution >= 0.6 is 0 Å². The molecule has 7 heteroatoms. The molecule has 1 saturated heterocycles. The largest absolute Gasteiger partial charge is 0.465 e. The van der Waals surface area contributed by atoms with Crippen molar-refractivity contribution in [3.63, 3.8) is 0 Å². The monoisotopic (exact) mass is 201 g/mol. The lowest BCUT2D eigenvalue weighted by Gasteiger charge is -2.16. The fourth-order valence-electron chi connectivity index (χ4n) is 1.36. The molecule has 1 heterocycles. The molecule has 0 spiro atoms. The highest BCUT2D eigenvalue weighted by atomic mass is 16.6. The molecule has 0 aromatic carbocycles. The predicted octanol–water partition coefficient (Wildman–Crippen LogP) is -0.774. The maximum atomic E-state index is 10.9. The molecule has 78 valence electrons. The van der Waals surface area contributed by atoms with Crippen LogP contribution in [0.4, 0.5) is 4.79 Å². The van der Waals surface area contributed by atoms with Gasteiger partial charge in [0.1, 0.15) is 13.2 Å². The standard InChI is InChI=1S/C7H11N3O4/c1-14-9-4-2-5(6(8)11)10(3-4)7(12)13/h5H,2-3H2,1H3,(H2,8,11)(H,12,13)/t5-/m0/s1. The summed E-state index contributed by atoms with van der Waals surface area (Å²) >= 11 is 0. The maximum absolute atomic E-state index is 10.9. The van der Waals surface area contributed by atoms with Gasteiger partial charge in [-0.05, 0) is 0 Å². The number of hydrogen-bond donors (Lipinski definition) is 2. The van der Waals surface area contributed by atoms with Crippen molar-refractivity contribution in [1.29, 1.82) is 0 Å². The molecule has 0 aromatic rings. The van der Waals surface area contributed by atoms with Crippen LogP contribution < -0.4 is 5.73 Å². The molecule has 1 atom stereocenters. The lowest BCUT2D eigenvalue weighted by atomic mass is 10.2. The van der Waals surface area contributed by atoms with Gasteiger partial charge in [-0.25, -0.2) is 4.79 Å². The van der Waals surface area contributed by atoms with Gasteiger partial charge in [-0.15, -0.1) is 0 Å². The van der Waals surface area contributed by atoms with E-state index in [1.165, 1.54) is 7.11 Å². The van der Waals surface area contributed by atoms with Crippen molar-refractivity contribution in [2.75, 3.05) is 13.7 Å². The van der Waals surface area contributed by atoms with Crippen molar-refractivity contribution in [2.45, 2.75) is 12.5 Å². The number of rotatable bonds is 2. The van der Waals surface area contributed by atoms with Crippen LogP contribution in [0.15, 0.2) is 5.16 Å². The van der Waals surface area contributed by atoms with Crippen molar-refractivity contribution in [1.82, 2.24) is 4.90 Å². The number of carboxylic acid groups (broad SMARTS) is 1. The van der Waals surface area contributed by atoms with Crippen molar-refractivity contribution in [3.8, 4) is 0 Å². The lowest BCUT2D eigenvalue weighted by Crippen LogP contribution is -2.42. The Bertz CT molecular complexity index is 265. The van der Waals surface area contributed by atoms with Crippen LogP contribution in [-0.4, -0.2) is 47.4 Å². The second-order valence-electron chi connectivity index (χ2n) is 2.87. The van der Waals surface area contributed by atoms with Gasteiger partial charge in [0.05, 0.1) is 12.3 Å². The molecule has 1 aliphatic rings. The molecule has 0 unspecified atom stereocenters. The molecule has 2 amide bonds. The van der Waals surface area contributed by atoms with E-state index in [0.29, 0.717) is 5.71 Å². The Labute approximate surface area is 80.1 Å².